The molecule has 0 aliphatic carbocycles. The highest BCUT2D eigenvalue weighted by atomic mass is 127. The molecule has 0 unspecified atom stereocenters. The van der Waals surface area contributed by atoms with Gasteiger partial charge in [-0.05, 0) is 60.2 Å². The van der Waals surface area contributed by atoms with Crippen LogP contribution < -0.4 is 14.8 Å². The molecule has 0 atom stereocenters. The number of rotatable bonds is 7. The van der Waals surface area contributed by atoms with Gasteiger partial charge >= 0.3 is 12.0 Å². The Bertz CT molecular complexity index is 762. The van der Waals surface area contributed by atoms with Crippen molar-refractivity contribution in [2.75, 3.05) is 26.9 Å². The monoisotopic (exact) mass is 474 g/mol. The van der Waals surface area contributed by atoms with Gasteiger partial charge in [-0.25, -0.2) is 9.59 Å². The lowest BCUT2D eigenvalue weighted by Crippen LogP contribution is -2.25. The molecule has 0 bridgehead atoms. The number of nitrogens with one attached hydrogen (secondary N) is 1. The maximum absolute atomic E-state index is 12.0. The molecule has 1 heterocycles. The third-order valence-corrected chi connectivity index (χ3v) is 4.16. The van der Waals surface area contributed by atoms with E-state index in [1.807, 2.05) is 6.92 Å². The summed E-state index contributed by atoms with van der Waals surface area (Å²) in [6, 6.07) is 2.96. The average Bonchev–Trinajstić information content (AvgIpc) is 2.81. The number of hydrogen-bond acceptors (Lipinski definition) is 6. The molecule has 1 saturated heterocycles. The Labute approximate surface area is 164 Å². The Balaban J connectivity index is 2.29. The van der Waals surface area contributed by atoms with Gasteiger partial charge in [0.15, 0.2) is 18.1 Å². The normalized spacial score (nSPS) is 15.2. The number of imide groups is 1. The van der Waals surface area contributed by atoms with Crippen molar-refractivity contribution in [3.8, 4) is 11.5 Å². The molecule has 1 aromatic carbocycles. The molecule has 1 aromatic rings. The van der Waals surface area contributed by atoms with E-state index in [2.05, 4.69) is 27.9 Å². The van der Waals surface area contributed by atoms with Crippen molar-refractivity contribution in [2.45, 2.75) is 13.8 Å². The first-order valence-electron chi connectivity index (χ1n) is 7.92. The van der Waals surface area contributed by atoms with Gasteiger partial charge in [0.05, 0.1) is 16.8 Å². The van der Waals surface area contributed by atoms with Gasteiger partial charge in [-0.3, -0.25) is 9.69 Å². The van der Waals surface area contributed by atoms with Crippen molar-refractivity contribution in [1.82, 2.24) is 10.2 Å². The van der Waals surface area contributed by atoms with Crippen molar-refractivity contribution in [3.05, 3.63) is 27.0 Å². The molecule has 0 spiro atoms. The van der Waals surface area contributed by atoms with E-state index in [4.69, 9.17) is 14.2 Å². The van der Waals surface area contributed by atoms with E-state index in [0.29, 0.717) is 27.2 Å². The topological polar surface area (TPSA) is 94.2 Å². The van der Waals surface area contributed by atoms with Crippen LogP contribution in [0.2, 0.25) is 0 Å². The molecule has 26 heavy (non-hydrogen) atoms. The predicted molar refractivity (Wildman–Crippen MR) is 102 cm³/mol. The van der Waals surface area contributed by atoms with Gasteiger partial charge in [-0.2, -0.15) is 0 Å². The Morgan fingerprint density at radius 1 is 1.23 bits per heavy atom. The molecule has 1 aliphatic rings. The van der Waals surface area contributed by atoms with E-state index in [1.54, 1.807) is 25.1 Å². The SMILES string of the molecule is CCOC(=O)COc1c(I)cc(/C=C2/NC(=O)N(C)C2=O)cc1OCC. The van der Waals surface area contributed by atoms with Crippen LogP contribution in [0.15, 0.2) is 17.8 Å². The summed E-state index contributed by atoms with van der Waals surface area (Å²) >= 11 is 2.05. The van der Waals surface area contributed by atoms with Crippen LogP contribution >= 0.6 is 22.6 Å². The van der Waals surface area contributed by atoms with Crippen LogP contribution in [0.4, 0.5) is 4.79 Å². The number of halogens is 1. The fourth-order valence-corrected chi connectivity index (χ4v) is 2.98. The van der Waals surface area contributed by atoms with Crippen LogP contribution in [-0.4, -0.2) is 49.7 Å². The Morgan fingerprint density at radius 3 is 2.54 bits per heavy atom. The van der Waals surface area contributed by atoms with Crippen molar-refractivity contribution in [1.29, 1.82) is 0 Å². The lowest BCUT2D eigenvalue weighted by Gasteiger charge is -2.14. The van der Waals surface area contributed by atoms with E-state index in [1.165, 1.54) is 7.05 Å². The van der Waals surface area contributed by atoms with Crippen LogP contribution in [0.1, 0.15) is 19.4 Å². The molecule has 9 heteroatoms. The minimum Gasteiger partial charge on any atom is -0.490 e. The molecular formula is C17H19IN2O6. The summed E-state index contributed by atoms with van der Waals surface area (Å²) in [6.07, 6.45) is 1.56. The average molecular weight is 474 g/mol. The Hall–Kier alpha value is -2.30. The highest BCUT2D eigenvalue weighted by molar-refractivity contribution is 14.1. The minimum absolute atomic E-state index is 0.177. The number of hydrogen-bond donors (Lipinski definition) is 1. The van der Waals surface area contributed by atoms with Gasteiger partial charge in [-0.1, -0.05) is 0 Å². The van der Waals surface area contributed by atoms with Gasteiger partial charge in [0.2, 0.25) is 0 Å². The molecule has 0 saturated carbocycles. The van der Waals surface area contributed by atoms with Gasteiger partial charge in [-0.15, -0.1) is 0 Å². The summed E-state index contributed by atoms with van der Waals surface area (Å²) < 4.78 is 16.7. The quantitative estimate of drug-likeness (QED) is 0.282. The molecule has 140 valence electrons. The number of likely N-dealkylation sites (N-methyl/N-ethyl adjacent to an activating group) is 1. The first kappa shape index (κ1) is 20.0. The fraction of sp³-hybridized carbons (Fsp3) is 0.353. The number of amides is 3. The zero-order valence-corrected chi connectivity index (χ0v) is 16.8. The molecule has 2 rings (SSSR count). The van der Waals surface area contributed by atoms with Crippen LogP contribution in [0.5, 0.6) is 11.5 Å². The summed E-state index contributed by atoms with van der Waals surface area (Å²) in [4.78, 5) is 36.0. The molecular weight excluding hydrogens is 455 g/mol. The third-order valence-electron chi connectivity index (χ3n) is 3.36. The molecule has 0 aromatic heterocycles. The van der Waals surface area contributed by atoms with Gasteiger partial charge in [0, 0.05) is 7.05 Å². The summed E-state index contributed by atoms with van der Waals surface area (Å²) in [6.45, 7) is 3.98. The van der Waals surface area contributed by atoms with Crippen LogP contribution in [0.3, 0.4) is 0 Å². The first-order chi connectivity index (χ1) is 12.4. The highest BCUT2D eigenvalue weighted by Gasteiger charge is 2.30. The summed E-state index contributed by atoms with van der Waals surface area (Å²) in [7, 11) is 1.40. The number of ether oxygens (including phenoxy) is 3. The predicted octanol–water partition coefficient (Wildman–Crippen LogP) is 2.15. The second kappa shape index (κ2) is 8.88. The van der Waals surface area contributed by atoms with Crippen molar-refractivity contribution in [2.24, 2.45) is 0 Å². The zero-order valence-electron chi connectivity index (χ0n) is 14.6. The van der Waals surface area contributed by atoms with Crippen LogP contribution in [0.25, 0.3) is 6.08 Å². The molecule has 3 amide bonds. The van der Waals surface area contributed by atoms with Gasteiger partial charge in [0.25, 0.3) is 5.91 Å². The highest BCUT2D eigenvalue weighted by Crippen LogP contribution is 2.35. The fourth-order valence-electron chi connectivity index (χ4n) is 2.20. The maximum atomic E-state index is 12.0. The molecule has 0 radical (unpaired) electrons. The number of benzene rings is 1. The summed E-state index contributed by atoms with van der Waals surface area (Å²) in [5.74, 6) is -0.0351. The lowest BCUT2D eigenvalue weighted by molar-refractivity contribution is -0.145. The largest absolute Gasteiger partial charge is 0.490 e. The van der Waals surface area contributed by atoms with Gasteiger partial charge < -0.3 is 19.5 Å². The van der Waals surface area contributed by atoms with Gasteiger partial charge in [0.1, 0.15) is 5.70 Å². The van der Waals surface area contributed by atoms with E-state index in [9.17, 15) is 14.4 Å². The van der Waals surface area contributed by atoms with Crippen LogP contribution in [-0.2, 0) is 14.3 Å². The smallest absolute Gasteiger partial charge is 0.344 e. The maximum Gasteiger partial charge on any atom is 0.344 e. The second-order valence-corrected chi connectivity index (χ2v) is 6.37. The van der Waals surface area contributed by atoms with Crippen molar-refractivity contribution >= 4 is 46.6 Å². The number of carbonyl (C=O) groups is 3. The summed E-state index contributed by atoms with van der Waals surface area (Å²) in [5, 5.41) is 2.50. The van der Waals surface area contributed by atoms with Crippen molar-refractivity contribution in [3.63, 3.8) is 0 Å². The van der Waals surface area contributed by atoms with Crippen molar-refractivity contribution < 1.29 is 28.6 Å². The zero-order chi connectivity index (χ0) is 19.3. The third kappa shape index (κ3) is 4.65. The molecule has 1 aliphatic heterocycles. The second-order valence-electron chi connectivity index (χ2n) is 5.21. The number of nitrogens with zero attached hydrogens (tertiary/aromatic N) is 1. The lowest BCUT2D eigenvalue weighted by atomic mass is 10.1. The van der Waals surface area contributed by atoms with E-state index in [-0.39, 0.29) is 18.9 Å². The number of carbonyl (C=O) groups excluding carboxylic acids is 3. The van der Waals surface area contributed by atoms with E-state index in [0.717, 1.165) is 4.90 Å². The molecule has 1 N–H and O–H groups in total. The molecule has 1 fully saturated rings. The Kier molecular flexibility index (Phi) is 6.83. The standard InChI is InChI=1S/C17H19IN2O6/c1-4-24-13-8-10(7-12-16(22)20(3)17(23)19-12)6-11(18)15(13)26-9-14(21)25-5-2/h6-8H,4-5,9H2,1-3H3,(H,19,23)/b12-7+. The van der Waals surface area contributed by atoms with E-state index >= 15 is 0 Å². The number of urea groups is 1. The first-order valence-corrected chi connectivity index (χ1v) is 9.00. The number of esters is 1. The minimum atomic E-state index is -0.477. The Morgan fingerprint density at radius 2 is 1.96 bits per heavy atom. The van der Waals surface area contributed by atoms with E-state index < -0.39 is 17.9 Å². The van der Waals surface area contributed by atoms with Crippen LogP contribution in [0, 0.1) is 3.57 Å². The summed E-state index contributed by atoms with van der Waals surface area (Å²) in [5.41, 5.74) is 0.830. The molecule has 8 nitrogen and oxygen atoms in total.